The molecule has 16 heavy (non-hydrogen) atoms. The molecule has 0 N–H and O–H groups in total. The van der Waals surface area contributed by atoms with E-state index in [1.54, 1.807) is 6.07 Å². The van der Waals surface area contributed by atoms with Crippen LogP contribution in [0.1, 0.15) is 5.69 Å². The first-order chi connectivity index (χ1) is 7.50. The number of aryl methyl sites for hydroxylation is 1. The lowest BCUT2D eigenvalue weighted by atomic mass is 10.3. The van der Waals surface area contributed by atoms with E-state index in [-0.39, 0.29) is 6.61 Å². The highest BCUT2D eigenvalue weighted by atomic mass is 127. The fourth-order valence-corrected chi connectivity index (χ4v) is 2.55. The van der Waals surface area contributed by atoms with Crippen molar-refractivity contribution in [3.8, 4) is 5.75 Å². The van der Waals surface area contributed by atoms with Crippen LogP contribution < -0.4 is 4.74 Å². The maximum Gasteiger partial charge on any atom is 0.154 e. The number of hydrogen-bond donors (Lipinski definition) is 0. The highest BCUT2D eigenvalue weighted by Gasteiger charge is 2.07. The molecule has 0 aromatic carbocycles. The van der Waals surface area contributed by atoms with Gasteiger partial charge in [0.2, 0.25) is 0 Å². The second kappa shape index (κ2) is 6.51. The first-order valence-corrected chi connectivity index (χ1v) is 7.29. The molecule has 1 unspecified atom stereocenters. The van der Waals surface area contributed by atoms with E-state index in [1.165, 1.54) is 12.5 Å². The Labute approximate surface area is 115 Å². The van der Waals surface area contributed by atoms with Crippen LogP contribution in [0.3, 0.4) is 0 Å². The number of nitrogens with zero attached hydrogens (tertiary/aromatic N) is 2. The third kappa shape index (κ3) is 4.34. The molecule has 0 amide bonds. The van der Waals surface area contributed by atoms with Crippen molar-refractivity contribution in [2.75, 3.05) is 12.9 Å². The predicted molar refractivity (Wildman–Crippen MR) is 74.8 cm³/mol. The van der Waals surface area contributed by atoms with Crippen molar-refractivity contribution >= 4 is 51.4 Å². The molecule has 0 spiro atoms. The molecule has 1 aromatic rings. The standard InChI is InChI=1S/C9H10ClIN2O2S/c1-6-9(7(11)5-8(10)13-6)15-4-3-12-16(2)14/h3,5H,4H2,1-2H3. The number of hydrogen-bond acceptors (Lipinski definition) is 3. The third-order valence-corrected chi connectivity index (χ3v) is 3.03. The van der Waals surface area contributed by atoms with Gasteiger partial charge in [-0.3, -0.25) is 0 Å². The van der Waals surface area contributed by atoms with Gasteiger partial charge in [0.15, 0.2) is 5.75 Å². The Morgan fingerprint density at radius 1 is 1.75 bits per heavy atom. The van der Waals surface area contributed by atoms with Gasteiger partial charge >= 0.3 is 0 Å². The summed E-state index contributed by atoms with van der Waals surface area (Å²) in [4.78, 5) is 4.08. The van der Waals surface area contributed by atoms with Crippen LogP contribution in [0.15, 0.2) is 10.5 Å². The van der Waals surface area contributed by atoms with E-state index in [0.717, 1.165) is 9.26 Å². The van der Waals surface area contributed by atoms with Gasteiger partial charge in [-0.2, -0.15) is 4.40 Å². The van der Waals surface area contributed by atoms with Gasteiger partial charge in [0.1, 0.15) is 22.7 Å². The van der Waals surface area contributed by atoms with Crippen molar-refractivity contribution in [2.45, 2.75) is 6.92 Å². The average molecular weight is 373 g/mol. The van der Waals surface area contributed by atoms with Crippen molar-refractivity contribution in [3.63, 3.8) is 0 Å². The summed E-state index contributed by atoms with van der Waals surface area (Å²) in [6.45, 7) is 2.08. The van der Waals surface area contributed by atoms with Crippen molar-refractivity contribution in [2.24, 2.45) is 4.40 Å². The van der Waals surface area contributed by atoms with Crippen molar-refractivity contribution < 1.29 is 8.95 Å². The van der Waals surface area contributed by atoms with Gasteiger partial charge < -0.3 is 4.74 Å². The second-order valence-corrected chi connectivity index (χ2v) is 5.47. The van der Waals surface area contributed by atoms with Crippen molar-refractivity contribution in [1.29, 1.82) is 0 Å². The van der Waals surface area contributed by atoms with Crippen LogP contribution in [0.2, 0.25) is 5.15 Å². The Balaban J connectivity index is 2.71. The van der Waals surface area contributed by atoms with Crippen LogP contribution in [0, 0.1) is 10.5 Å². The molecule has 1 atom stereocenters. The molecular weight excluding hydrogens is 363 g/mol. The molecule has 0 aliphatic heterocycles. The summed E-state index contributed by atoms with van der Waals surface area (Å²) in [7, 11) is -1.19. The minimum atomic E-state index is -1.19. The molecule has 0 bridgehead atoms. The summed E-state index contributed by atoms with van der Waals surface area (Å²) in [6.07, 6.45) is 2.97. The van der Waals surface area contributed by atoms with E-state index in [9.17, 15) is 4.21 Å². The Hall–Kier alpha value is -0.210. The quantitative estimate of drug-likeness (QED) is 0.463. The van der Waals surface area contributed by atoms with Crippen LogP contribution in [0.4, 0.5) is 0 Å². The maximum absolute atomic E-state index is 10.7. The summed E-state index contributed by atoms with van der Waals surface area (Å²) >= 11 is 7.91. The summed E-state index contributed by atoms with van der Waals surface area (Å²) in [5.41, 5.74) is 0.725. The molecule has 0 saturated heterocycles. The van der Waals surface area contributed by atoms with Crippen LogP contribution in [-0.2, 0) is 11.0 Å². The van der Waals surface area contributed by atoms with Crippen LogP contribution in [-0.4, -0.2) is 28.3 Å². The summed E-state index contributed by atoms with van der Waals surface area (Å²) < 4.78 is 20.7. The first-order valence-electron chi connectivity index (χ1n) is 4.32. The zero-order chi connectivity index (χ0) is 12.1. The number of ether oxygens (including phenoxy) is 1. The molecule has 0 radical (unpaired) electrons. The largest absolute Gasteiger partial charge is 0.485 e. The van der Waals surface area contributed by atoms with Crippen LogP contribution in [0.25, 0.3) is 0 Å². The molecule has 88 valence electrons. The number of pyridine rings is 1. The summed E-state index contributed by atoms with van der Waals surface area (Å²) in [6, 6.07) is 1.72. The van der Waals surface area contributed by atoms with Gasteiger partial charge in [-0.25, -0.2) is 9.19 Å². The van der Waals surface area contributed by atoms with E-state index >= 15 is 0 Å². The number of rotatable bonds is 4. The SMILES string of the molecule is Cc1nc(Cl)cc(I)c1OCC=NS(C)=O. The van der Waals surface area contributed by atoms with Gasteiger partial charge in [-0.1, -0.05) is 11.6 Å². The van der Waals surface area contributed by atoms with Gasteiger partial charge in [-0.05, 0) is 35.6 Å². The Morgan fingerprint density at radius 3 is 3.00 bits per heavy atom. The molecule has 1 heterocycles. The Morgan fingerprint density at radius 2 is 2.44 bits per heavy atom. The second-order valence-electron chi connectivity index (χ2n) is 2.86. The van der Waals surface area contributed by atoms with Crippen molar-refractivity contribution in [3.05, 3.63) is 20.5 Å². The molecule has 0 aliphatic rings. The summed E-state index contributed by atoms with van der Waals surface area (Å²) in [5, 5.41) is 0.442. The molecule has 0 aliphatic carbocycles. The first kappa shape index (κ1) is 13.9. The minimum absolute atomic E-state index is 0.264. The van der Waals surface area contributed by atoms with Gasteiger partial charge in [0.25, 0.3) is 0 Å². The molecule has 1 aromatic heterocycles. The van der Waals surface area contributed by atoms with E-state index < -0.39 is 11.0 Å². The van der Waals surface area contributed by atoms with Crippen LogP contribution >= 0.6 is 34.2 Å². The van der Waals surface area contributed by atoms with Gasteiger partial charge in [0.05, 0.1) is 15.5 Å². The lowest BCUT2D eigenvalue weighted by Gasteiger charge is -2.08. The molecule has 1 rings (SSSR count). The van der Waals surface area contributed by atoms with Gasteiger partial charge in [0, 0.05) is 6.26 Å². The molecule has 0 fully saturated rings. The Bertz CT molecular complexity index is 417. The predicted octanol–water partition coefficient (Wildman–Crippen LogP) is 2.39. The number of halogens is 2. The highest BCUT2D eigenvalue weighted by Crippen LogP contribution is 2.26. The highest BCUT2D eigenvalue weighted by molar-refractivity contribution is 14.1. The molecule has 4 nitrogen and oxygen atoms in total. The Kier molecular flexibility index (Phi) is 5.63. The zero-order valence-electron chi connectivity index (χ0n) is 8.74. The average Bonchev–Trinajstić information content (AvgIpc) is 2.14. The van der Waals surface area contributed by atoms with E-state index in [4.69, 9.17) is 16.3 Å². The monoisotopic (exact) mass is 372 g/mol. The van der Waals surface area contributed by atoms with Crippen molar-refractivity contribution in [1.82, 2.24) is 4.98 Å². The fraction of sp³-hybridized carbons (Fsp3) is 0.333. The van der Waals surface area contributed by atoms with E-state index in [0.29, 0.717) is 10.9 Å². The lowest BCUT2D eigenvalue weighted by molar-refractivity contribution is 0.373. The lowest BCUT2D eigenvalue weighted by Crippen LogP contribution is -2.03. The topological polar surface area (TPSA) is 51.6 Å². The van der Waals surface area contributed by atoms with Gasteiger partial charge in [-0.15, -0.1) is 0 Å². The summed E-state index contributed by atoms with van der Waals surface area (Å²) in [5.74, 6) is 0.679. The molecule has 0 saturated carbocycles. The normalized spacial score (nSPS) is 13.0. The molecule has 7 heteroatoms. The van der Waals surface area contributed by atoms with E-state index in [2.05, 4.69) is 32.0 Å². The third-order valence-electron chi connectivity index (χ3n) is 1.59. The van der Waals surface area contributed by atoms with E-state index in [1.807, 2.05) is 6.92 Å². The smallest absolute Gasteiger partial charge is 0.154 e. The minimum Gasteiger partial charge on any atom is -0.485 e. The molecular formula is C9H10ClIN2O2S. The van der Waals surface area contributed by atoms with Crippen LogP contribution in [0.5, 0.6) is 5.75 Å². The fourth-order valence-electron chi connectivity index (χ4n) is 1.02. The number of aromatic nitrogens is 1. The maximum atomic E-state index is 10.7. The zero-order valence-corrected chi connectivity index (χ0v) is 12.5.